The van der Waals surface area contributed by atoms with Crippen LogP contribution < -0.4 is 14.4 Å². The molecule has 0 aliphatic rings. The molecule has 8 nitrogen and oxygen atoms in total. The average molecular weight is 490 g/mol. The molecule has 186 valence electrons. The normalized spacial score (nSPS) is 12.0. The second-order valence-electron chi connectivity index (χ2n) is 8.01. The Balaban J connectivity index is 2.33. The summed E-state index contributed by atoms with van der Waals surface area (Å²) in [6, 6.07) is 15.4. The van der Waals surface area contributed by atoms with Crippen molar-refractivity contribution in [2.45, 2.75) is 39.2 Å². The van der Waals surface area contributed by atoms with E-state index in [0.717, 1.165) is 22.5 Å². The third kappa shape index (κ3) is 7.76. The van der Waals surface area contributed by atoms with Gasteiger partial charge in [-0.15, -0.1) is 0 Å². The molecule has 0 saturated carbocycles. The van der Waals surface area contributed by atoms with Crippen molar-refractivity contribution in [1.29, 1.82) is 0 Å². The maximum Gasteiger partial charge on any atom is 0.244 e. The summed E-state index contributed by atoms with van der Waals surface area (Å²) in [7, 11) is -2.24. The van der Waals surface area contributed by atoms with E-state index in [1.807, 2.05) is 44.2 Å². The molecule has 0 unspecified atom stereocenters. The molecule has 1 N–H and O–H groups in total. The molecule has 0 aliphatic heterocycles. The van der Waals surface area contributed by atoms with E-state index < -0.39 is 28.5 Å². The SMILES string of the molecule is CCCNC(=O)[C@@H](CC)N(CCc1ccccc1)C(=O)CN(c1ccc(OC)cc1)S(C)(=O)=O. The molecule has 0 fully saturated rings. The lowest BCUT2D eigenvalue weighted by molar-refractivity contribution is -0.139. The molecule has 0 aromatic heterocycles. The molecule has 0 radical (unpaired) electrons. The maximum atomic E-state index is 13.5. The van der Waals surface area contributed by atoms with Crippen LogP contribution in [0.5, 0.6) is 5.75 Å². The van der Waals surface area contributed by atoms with Gasteiger partial charge in [0, 0.05) is 13.1 Å². The minimum Gasteiger partial charge on any atom is -0.497 e. The summed E-state index contributed by atoms with van der Waals surface area (Å²) < 4.78 is 31.4. The zero-order chi connectivity index (χ0) is 25.1. The van der Waals surface area contributed by atoms with E-state index in [2.05, 4.69) is 5.32 Å². The number of benzene rings is 2. The lowest BCUT2D eigenvalue weighted by Gasteiger charge is -2.32. The minimum atomic E-state index is -3.76. The van der Waals surface area contributed by atoms with Gasteiger partial charge < -0.3 is 15.0 Å². The van der Waals surface area contributed by atoms with Crippen LogP contribution in [0.25, 0.3) is 0 Å². The lowest BCUT2D eigenvalue weighted by Crippen LogP contribution is -2.53. The van der Waals surface area contributed by atoms with Gasteiger partial charge in [-0.3, -0.25) is 13.9 Å². The van der Waals surface area contributed by atoms with E-state index in [-0.39, 0.29) is 5.91 Å². The van der Waals surface area contributed by atoms with Crippen molar-refractivity contribution >= 4 is 27.5 Å². The third-order valence-electron chi connectivity index (χ3n) is 5.46. The first-order valence-electron chi connectivity index (χ1n) is 11.4. The van der Waals surface area contributed by atoms with Crippen LogP contribution in [0.2, 0.25) is 0 Å². The zero-order valence-corrected chi connectivity index (χ0v) is 21.2. The average Bonchev–Trinajstić information content (AvgIpc) is 2.83. The fourth-order valence-electron chi connectivity index (χ4n) is 3.62. The molecular formula is C25H35N3O5S. The summed E-state index contributed by atoms with van der Waals surface area (Å²) in [5, 5.41) is 2.87. The highest BCUT2D eigenvalue weighted by Gasteiger charge is 2.31. The number of hydrogen-bond donors (Lipinski definition) is 1. The highest BCUT2D eigenvalue weighted by atomic mass is 32.2. The number of nitrogens with zero attached hydrogens (tertiary/aromatic N) is 2. The second kappa shape index (κ2) is 13.0. The van der Waals surface area contributed by atoms with Crippen LogP contribution in [0.15, 0.2) is 54.6 Å². The fraction of sp³-hybridized carbons (Fsp3) is 0.440. The van der Waals surface area contributed by atoms with Crippen LogP contribution in [0, 0.1) is 0 Å². The second-order valence-corrected chi connectivity index (χ2v) is 9.91. The van der Waals surface area contributed by atoms with Gasteiger partial charge in [-0.05, 0) is 49.1 Å². The van der Waals surface area contributed by atoms with E-state index in [9.17, 15) is 18.0 Å². The smallest absolute Gasteiger partial charge is 0.244 e. The molecule has 34 heavy (non-hydrogen) atoms. The minimum absolute atomic E-state index is 0.235. The Morgan fingerprint density at radius 2 is 1.68 bits per heavy atom. The number of carbonyl (C=O) groups excluding carboxylic acids is 2. The summed E-state index contributed by atoms with van der Waals surface area (Å²) >= 11 is 0. The molecule has 2 aromatic rings. The van der Waals surface area contributed by atoms with Crippen LogP contribution in [-0.2, 0) is 26.0 Å². The highest BCUT2D eigenvalue weighted by molar-refractivity contribution is 7.92. The number of sulfonamides is 1. The van der Waals surface area contributed by atoms with Crippen LogP contribution in [0.4, 0.5) is 5.69 Å². The number of hydrogen-bond acceptors (Lipinski definition) is 5. The lowest BCUT2D eigenvalue weighted by atomic mass is 10.1. The van der Waals surface area contributed by atoms with Crippen molar-refractivity contribution in [2.75, 3.05) is 37.3 Å². The first-order chi connectivity index (χ1) is 16.2. The van der Waals surface area contributed by atoms with Gasteiger partial charge in [0.05, 0.1) is 19.1 Å². The maximum absolute atomic E-state index is 13.5. The van der Waals surface area contributed by atoms with Crippen molar-refractivity contribution in [3.05, 3.63) is 60.2 Å². The van der Waals surface area contributed by atoms with Crippen LogP contribution in [0.1, 0.15) is 32.3 Å². The number of rotatable bonds is 13. The van der Waals surface area contributed by atoms with Crippen molar-refractivity contribution in [3.63, 3.8) is 0 Å². The number of nitrogens with one attached hydrogen (secondary N) is 1. The van der Waals surface area contributed by atoms with Crippen LogP contribution in [0.3, 0.4) is 0 Å². The standard InChI is InChI=1S/C25H35N3O5S/c1-5-17-26-25(30)23(6-2)27(18-16-20-10-8-7-9-11-20)24(29)19-28(34(4,31)32)21-12-14-22(33-3)15-13-21/h7-15,23H,5-6,16-19H2,1-4H3,(H,26,30)/t23-/m1/s1. The molecule has 2 aromatic carbocycles. The van der Waals surface area contributed by atoms with Crippen molar-refractivity contribution in [3.8, 4) is 5.75 Å². The third-order valence-corrected chi connectivity index (χ3v) is 6.60. The van der Waals surface area contributed by atoms with Gasteiger partial charge in [0.15, 0.2) is 0 Å². The Morgan fingerprint density at radius 1 is 1.03 bits per heavy atom. The largest absolute Gasteiger partial charge is 0.497 e. The first-order valence-corrected chi connectivity index (χ1v) is 13.3. The van der Waals surface area contributed by atoms with E-state index in [0.29, 0.717) is 37.4 Å². The Hall–Kier alpha value is -3.07. The number of ether oxygens (including phenoxy) is 1. The van der Waals surface area contributed by atoms with Gasteiger partial charge in [0.1, 0.15) is 18.3 Å². The van der Waals surface area contributed by atoms with Crippen molar-refractivity contribution in [2.24, 2.45) is 0 Å². The zero-order valence-electron chi connectivity index (χ0n) is 20.4. The molecular weight excluding hydrogens is 454 g/mol. The Kier molecular flexibility index (Phi) is 10.4. The van der Waals surface area contributed by atoms with Gasteiger partial charge in [-0.25, -0.2) is 8.42 Å². The summed E-state index contributed by atoms with van der Waals surface area (Å²) in [6.07, 6.45) is 2.80. The van der Waals surface area contributed by atoms with Gasteiger partial charge in [-0.1, -0.05) is 44.2 Å². The van der Waals surface area contributed by atoms with Crippen LogP contribution >= 0.6 is 0 Å². The van der Waals surface area contributed by atoms with Crippen molar-refractivity contribution in [1.82, 2.24) is 10.2 Å². The van der Waals surface area contributed by atoms with E-state index >= 15 is 0 Å². The van der Waals surface area contributed by atoms with Crippen molar-refractivity contribution < 1.29 is 22.7 Å². The first kappa shape index (κ1) is 27.2. The van der Waals surface area contributed by atoms with Gasteiger partial charge in [-0.2, -0.15) is 0 Å². The molecule has 0 aliphatic carbocycles. The number of anilines is 1. The summed E-state index contributed by atoms with van der Waals surface area (Å²) in [6.45, 7) is 4.20. The Labute approximate surface area is 202 Å². The molecule has 0 heterocycles. The van der Waals surface area contributed by atoms with E-state index in [1.54, 1.807) is 24.3 Å². The van der Waals surface area contributed by atoms with E-state index in [4.69, 9.17) is 4.74 Å². The quantitative estimate of drug-likeness (QED) is 0.467. The molecule has 9 heteroatoms. The molecule has 2 rings (SSSR count). The Bertz CT molecular complexity index is 1030. The number of carbonyl (C=O) groups is 2. The molecule has 0 bridgehead atoms. The highest BCUT2D eigenvalue weighted by Crippen LogP contribution is 2.22. The van der Waals surface area contributed by atoms with Gasteiger partial charge in [0.2, 0.25) is 21.8 Å². The Morgan fingerprint density at radius 3 is 2.21 bits per heavy atom. The molecule has 0 spiro atoms. The summed E-state index contributed by atoms with van der Waals surface area (Å²) in [4.78, 5) is 27.9. The van der Waals surface area contributed by atoms with Gasteiger partial charge >= 0.3 is 0 Å². The van der Waals surface area contributed by atoms with Gasteiger partial charge in [0.25, 0.3) is 0 Å². The topological polar surface area (TPSA) is 96.0 Å². The number of methoxy groups -OCH3 is 1. The predicted molar refractivity (Wildman–Crippen MR) is 134 cm³/mol. The number of amides is 2. The summed E-state index contributed by atoms with van der Waals surface area (Å²) in [5.41, 5.74) is 1.38. The van der Waals surface area contributed by atoms with E-state index in [1.165, 1.54) is 12.0 Å². The fourth-order valence-corrected chi connectivity index (χ4v) is 4.47. The monoisotopic (exact) mass is 489 g/mol. The molecule has 0 saturated heterocycles. The molecule has 1 atom stereocenters. The van der Waals surface area contributed by atoms with Crippen LogP contribution in [-0.4, -0.2) is 64.2 Å². The molecule has 2 amide bonds. The predicted octanol–water partition coefficient (Wildman–Crippen LogP) is 2.84. The summed E-state index contributed by atoms with van der Waals surface area (Å²) in [5.74, 6) is -0.0940.